The second-order valence-electron chi connectivity index (χ2n) is 6.68. The number of esters is 1. The van der Waals surface area contributed by atoms with Gasteiger partial charge in [-0.15, -0.1) is 0 Å². The molecule has 0 spiro atoms. The molecule has 0 saturated heterocycles. The van der Waals surface area contributed by atoms with E-state index in [0.717, 1.165) is 11.3 Å². The van der Waals surface area contributed by atoms with Gasteiger partial charge in [0, 0.05) is 23.6 Å². The second kappa shape index (κ2) is 9.41. The molecule has 0 aliphatic carbocycles. The SMILES string of the molecule is CCN1C(=S)NC(c2ccc(NC(=O)Nc3ccccc3)cc2)C(C(=O)OC)=C1C. The van der Waals surface area contributed by atoms with Gasteiger partial charge in [0.25, 0.3) is 0 Å². The fourth-order valence-corrected chi connectivity index (χ4v) is 3.74. The number of methoxy groups -OCH3 is 1. The first kappa shape index (κ1) is 21.3. The normalized spacial score (nSPS) is 16.0. The van der Waals surface area contributed by atoms with Crippen molar-refractivity contribution < 1.29 is 14.3 Å². The summed E-state index contributed by atoms with van der Waals surface area (Å²) in [6.07, 6.45) is 0. The van der Waals surface area contributed by atoms with Crippen LogP contribution in [0.3, 0.4) is 0 Å². The number of hydrogen-bond acceptors (Lipinski definition) is 4. The van der Waals surface area contributed by atoms with Crippen LogP contribution in [0.15, 0.2) is 65.9 Å². The Morgan fingerprint density at radius 2 is 1.67 bits per heavy atom. The highest BCUT2D eigenvalue weighted by molar-refractivity contribution is 7.80. The lowest BCUT2D eigenvalue weighted by Gasteiger charge is -2.36. The quantitative estimate of drug-likeness (QED) is 0.497. The molecule has 0 fully saturated rings. The summed E-state index contributed by atoms with van der Waals surface area (Å²) in [5.74, 6) is -0.407. The van der Waals surface area contributed by atoms with Crippen molar-refractivity contribution in [1.29, 1.82) is 0 Å². The van der Waals surface area contributed by atoms with Crippen LogP contribution in [-0.4, -0.2) is 35.7 Å². The minimum absolute atomic E-state index is 0.338. The minimum Gasteiger partial charge on any atom is -0.466 e. The first-order chi connectivity index (χ1) is 14.4. The summed E-state index contributed by atoms with van der Waals surface area (Å²) in [7, 11) is 1.36. The van der Waals surface area contributed by atoms with Crippen LogP contribution in [0, 0.1) is 0 Å². The Balaban J connectivity index is 1.79. The molecule has 0 saturated carbocycles. The van der Waals surface area contributed by atoms with Crippen LogP contribution >= 0.6 is 12.2 Å². The molecule has 30 heavy (non-hydrogen) atoms. The summed E-state index contributed by atoms with van der Waals surface area (Å²) in [6.45, 7) is 4.47. The molecule has 2 aromatic carbocycles. The number of rotatable bonds is 5. The third-order valence-electron chi connectivity index (χ3n) is 4.85. The van der Waals surface area contributed by atoms with Gasteiger partial charge in [-0.2, -0.15) is 0 Å². The Bertz CT molecular complexity index is 974. The van der Waals surface area contributed by atoms with Crippen LogP contribution < -0.4 is 16.0 Å². The molecule has 2 amide bonds. The fourth-order valence-electron chi connectivity index (χ4n) is 3.36. The van der Waals surface area contributed by atoms with E-state index in [1.165, 1.54) is 7.11 Å². The van der Waals surface area contributed by atoms with E-state index in [-0.39, 0.29) is 6.03 Å². The number of anilines is 2. The van der Waals surface area contributed by atoms with Gasteiger partial charge in [0.15, 0.2) is 5.11 Å². The molecular weight excluding hydrogens is 400 g/mol. The van der Waals surface area contributed by atoms with Crippen molar-refractivity contribution in [3.8, 4) is 0 Å². The number of amides is 2. The number of carbonyl (C=O) groups is 2. The number of benzene rings is 2. The van der Waals surface area contributed by atoms with Gasteiger partial charge in [0.05, 0.1) is 18.7 Å². The molecule has 1 heterocycles. The van der Waals surface area contributed by atoms with E-state index in [1.54, 1.807) is 12.1 Å². The Morgan fingerprint density at radius 1 is 1.07 bits per heavy atom. The average molecular weight is 425 g/mol. The van der Waals surface area contributed by atoms with Crippen LogP contribution in [0.5, 0.6) is 0 Å². The zero-order valence-corrected chi connectivity index (χ0v) is 17.9. The van der Waals surface area contributed by atoms with E-state index in [2.05, 4.69) is 16.0 Å². The monoisotopic (exact) mass is 424 g/mol. The summed E-state index contributed by atoms with van der Waals surface area (Å²) in [5.41, 5.74) is 3.44. The molecule has 7 nitrogen and oxygen atoms in total. The number of carbonyl (C=O) groups excluding carboxylic acids is 2. The van der Waals surface area contributed by atoms with Crippen molar-refractivity contribution in [3.63, 3.8) is 0 Å². The van der Waals surface area contributed by atoms with Gasteiger partial charge in [-0.3, -0.25) is 0 Å². The highest BCUT2D eigenvalue weighted by Crippen LogP contribution is 2.31. The lowest BCUT2D eigenvalue weighted by atomic mass is 9.95. The maximum absolute atomic E-state index is 12.5. The molecule has 1 unspecified atom stereocenters. The van der Waals surface area contributed by atoms with Gasteiger partial charge in [-0.25, -0.2) is 9.59 Å². The van der Waals surface area contributed by atoms with Crippen LogP contribution in [0.25, 0.3) is 0 Å². The summed E-state index contributed by atoms with van der Waals surface area (Å²) >= 11 is 5.46. The smallest absolute Gasteiger partial charge is 0.337 e. The summed E-state index contributed by atoms with van der Waals surface area (Å²) < 4.78 is 5.00. The number of hydrogen-bond donors (Lipinski definition) is 3. The van der Waals surface area contributed by atoms with E-state index in [4.69, 9.17) is 17.0 Å². The van der Waals surface area contributed by atoms with Crippen molar-refractivity contribution in [3.05, 3.63) is 71.4 Å². The van der Waals surface area contributed by atoms with Crippen LogP contribution in [0.1, 0.15) is 25.5 Å². The Hall–Kier alpha value is -3.39. The van der Waals surface area contributed by atoms with Crippen LogP contribution in [0.4, 0.5) is 16.2 Å². The lowest BCUT2D eigenvalue weighted by Crippen LogP contribution is -2.47. The maximum Gasteiger partial charge on any atom is 0.337 e. The maximum atomic E-state index is 12.5. The molecule has 1 aliphatic rings. The van der Waals surface area contributed by atoms with Gasteiger partial charge in [-0.05, 0) is 55.9 Å². The molecule has 1 atom stereocenters. The largest absolute Gasteiger partial charge is 0.466 e. The van der Waals surface area contributed by atoms with Crippen LogP contribution in [0.2, 0.25) is 0 Å². The highest BCUT2D eigenvalue weighted by atomic mass is 32.1. The van der Waals surface area contributed by atoms with Crippen LogP contribution in [-0.2, 0) is 9.53 Å². The Morgan fingerprint density at radius 3 is 2.23 bits per heavy atom. The zero-order chi connectivity index (χ0) is 21.7. The third-order valence-corrected chi connectivity index (χ3v) is 5.19. The molecule has 3 rings (SSSR count). The van der Waals surface area contributed by atoms with E-state index >= 15 is 0 Å². The Labute approximate surface area is 181 Å². The lowest BCUT2D eigenvalue weighted by molar-refractivity contribution is -0.136. The highest BCUT2D eigenvalue weighted by Gasteiger charge is 2.33. The van der Waals surface area contributed by atoms with E-state index in [9.17, 15) is 9.59 Å². The van der Waals surface area contributed by atoms with Crippen molar-refractivity contribution >= 4 is 40.7 Å². The van der Waals surface area contributed by atoms with Gasteiger partial charge in [-0.1, -0.05) is 30.3 Å². The molecule has 2 aromatic rings. The third kappa shape index (κ3) is 4.60. The van der Waals surface area contributed by atoms with Crippen molar-refractivity contribution in [2.75, 3.05) is 24.3 Å². The van der Waals surface area contributed by atoms with E-state index in [0.29, 0.717) is 28.6 Å². The average Bonchev–Trinajstić information content (AvgIpc) is 2.74. The predicted octanol–water partition coefficient (Wildman–Crippen LogP) is 4.03. The number of nitrogens with zero attached hydrogens (tertiary/aromatic N) is 1. The molecule has 1 aliphatic heterocycles. The number of ether oxygens (including phenoxy) is 1. The van der Waals surface area contributed by atoms with Crippen molar-refractivity contribution in [2.45, 2.75) is 19.9 Å². The summed E-state index contributed by atoms with van der Waals surface area (Å²) in [6, 6.07) is 15.7. The van der Waals surface area contributed by atoms with E-state index in [1.807, 2.05) is 61.2 Å². The van der Waals surface area contributed by atoms with Crippen molar-refractivity contribution in [1.82, 2.24) is 10.2 Å². The minimum atomic E-state index is -0.431. The summed E-state index contributed by atoms with van der Waals surface area (Å²) in [4.78, 5) is 26.5. The number of urea groups is 1. The predicted molar refractivity (Wildman–Crippen MR) is 121 cm³/mol. The topological polar surface area (TPSA) is 82.7 Å². The molecule has 156 valence electrons. The molecule has 3 N–H and O–H groups in total. The van der Waals surface area contributed by atoms with Crippen molar-refractivity contribution in [2.24, 2.45) is 0 Å². The zero-order valence-electron chi connectivity index (χ0n) is 17.1. The number of thiocarbonyl (C=S) groups is 1. The number of para-hydroxylation sites is 1. The van der Waals surface area contributed by atoms with Gasteiger partial charge in [0.1, 0.15) is 0 Å². The second-order valence-corrected chi connectivity index (χ2v) is 7.07. The summed E-state index contributed by atoms with van der Waals surface area (Å²) in [5, 5.41) is 9.33. The molecule has 0 bridgehead atoms. The van der Waals surface area contributed by atoms with Gasteiger partial charge < -0.3 is 25.6 Å². The number of allylic oxidation sites excluding steroid dienone is 1. The van der Waals surface area contributed by atoms with E-state index < -0.39 is 12.0 Å². The van der Waals surface area contributed by atoms with Gasteiger partial charge >= 0.3 is 12.0 Å². The number of nitrogens with one attached hydrogen (secondary N) is 3. The molecule has 0 aromatic heterocycles. The first-order valence-corrected chi connectivity index (χ1v) is 9.95. The fraction of sp³-hybridized carbons (Fsp3) is 0.227. The first-order valence-electron chi connectivity index (χ1n) is 9.54. The molecular formula is C22H24N4O3S. The molecule has 0 radical (unpaired) electrons. The standard InChI is InChI=1S/C22H24N4O3S/c1-4-26-14(2)18(20(27)29-3)19(25-22(26)30)15-10-12-17(13-11-15)24-21(28)23-16-8-6-5-7-9-16/h5-13,19H,4H2,1-3H3,(H,25,30)(H2,23,24,28). The van der Waals surface area contributed by atoms with Gasteiger partial charge in [0.2, 0.25) is 0 Å². The Kier molecular flexibility index (Phi) is 6.68. The molecule has 8 heteroatoms.